The lowest BCUT2D eigenvalue weighted by molar-refractivity contribution is 0.222. The van der Waals surface area contributed by atoms with Crippen LogP contribution in [0.15, 0.2) is 24.3 Å². The molecule has 4 nitrogen and oxygen atoms in total. The number of hydrogen-bond donors (Lipinski definition) is 2. The van der Waals surface area contributed by atoms with Gasteiger partial charge in [-0.2, -0.15) is 0 Å². The van der Waals surface area contributed by atoms with Gasteiger partial charge in [0.2, 0.25) is 0 Å². The summed E-state index contributed by atoms with van der Waals surface area (Å²) in [6.07, 6.45) is 0.893. The Bertz CT molecular complexity index is 353. The summed E-state index contributed by atoms with van der Waals surface area (Å²) in [5.41, 5.74) is 0.594. The van der Waals surface area contributed by atoms with E-state index < -0.39 is 0 Å². The smallest absolute Gasteiger partial charge is 0.321 e. The molecule has 0 heterocycles. The number of amides is 2. The molecule has 1 rings (SSSR count). The van der Waals surface area contributed by atoms with Crippen molar-refractivity contribution < 1.29 is 9.18 Å². The maximum Gasteiger partial charge on any atom is 0.321 e. The number of anilines is 1. The second kappa shape index (κ2) is 6.85. The molecule has 0 aromatic heterocycles. The van der Waals surface area contributed by atoms with Gasteiger partial charge >= 0.3 is 6.03 Å². The Kier molecular flexibility index (Phi) is 5.42. The third kappa shape index (κ3) is 4.82. The first-order chi connectivity index (χ1) is 8.13. The molecule has 2 amide bonds. The summed E-state index contributed by atoms with van der Waals surface area (Å²) in [4.78, 5) is 13.3. The van der Waals surface area contributed by atoms with Crippen LogP contribution in [0.1, 0.15) is 6.42 Å². The van der Waals surface area contributed by atoms with Gasteiger partial charge in [-0.05, 0) is 44.3 Å². The summed E-state index contributed by atoms with van der Waals surface area (Å²) in [5.74, 6) is -0.314. The molecule has 94 valence electrons. The second-order valence-corrected chi connectivity index (χ2v) is 3.82. The molecular weight excluding hydrogens is 221 g/mol. The van der Waals surface area contributed by atoms with Gasteiger partial charge in [0.1, 0.15) is 5.82 Å². The SMILES string of the molecule is CNCCCN(C)C(=O)Nc1ccc(F)cc1. The standard InChI is InChI=1S/C12H18FN3O/c1-14-8-3-9-16(2)12(17)15-11-6-4-10(13)5-7-11/h4-7,14H,3,8-9H2,1-2H3,(H,15,17). The third-order valence-corrected chi connectivity index (χ3v) is 2.36. The maximum absolute atomic E-state index is 12.7. The van der Waals surface area contributed by atoms with Crippen LogP contribution in [0.25, 0.3) is 0 Å². The molecule has 2 N–H and O–H groups in total. The first-order valence-corrected chi connectivity index (χ1v) is 5.56. The van der Waals surface area contributed by atoms with Crippen molar-refractivity contribution >= 4 is 11.7 Å². The van der Waals surface area contributed by atoms with Crippen molar-refractivity contribution in [1.82, 2.24) is 10.2 Å². The highest BCUT2D eigenvalue weighted by Crippen LogP contribution is 2.08. The van der Waals surface area contributed by atoms with Crippen LogP contribution in [0.3, 0.4) is 0 Å². The van der Waals surface area contributed by atoms with Gasteiger partial charge in [0.05, 0.1) is 0 Å². The van der Waals surface area contributed by atoms with E-state index in [1.165, 1.54) is 24.3 Å². The number of rotatable bonds is 5. The van der Waals surface area contributed by atoms with Crippen LogP contribution in [0.2, 0.25) is 0 Å². The first kappa shape index (κ1) is 13.4. The molecule has 0 unspecified atom stereocenters. The van der Waals surface area contributed by atoms with Gasteiger partial charge in [-0.15, -0.1) is 0 Å². The van der Waals surface area contributed by atoms with Crippen molar-refractivity contribution in [2.45, 2.75) is 6.42 Å². The molecule has 1 aromatic rings. The highest BCUT2D eigenvalue weighted by Gasteiger charge is 2.07. The van der Waals surface area contributed by atoms with E-state index in [2.05, 4.69) is 10.6 Å². The van der Waals surface area contributed by atoms with Crippen molar-refractivity contribution in [1.29, 1.82) is 0 Å². The van der Waals surface area contributed by atoms with Crippen LogP contribution in [0, 0.1) is 5.82 Å². The number of carbonyl (C=O) groups is 1. The Morgan fingerprint density at radius 1 is 1.35 bits per heavy atom. The highest BCUT2D eigenvalue weighted by molar-refractivity contribution is 5.89. The predicted molar refractivity (Wildman–Crippen MR) is 66.6 cm³/mol. The number of carbonyl (C=O) groups excluding carboxylic acids is 1. The van der Waals surface area contributed by atoms with E-state index in [-0.39, 0.29) is 11.8 Å². The Hall–Kier alpha value is -1.62. The van der Waals surface area contributed by atoms with Gasteiger partial charge in [0.15, 0.2) is 0 Å². The maximum atomic E-state index is 12.7. The summed E-state index contributed by atoms with van der Waals surface area (Å²) in [6, 6.07) is 5.52. The fourth-order valence-corrected chi connectivity index (χ4v) is 1.35. The molecule has 0 bridgehead atoms. The molecule has 17 heavy (non-hydrogen) atoms. The van der Waals surface area contributed by atoms with Crippen LogP contribution in [0.4, 0.5) is 14.9 Å². The molecule has 0 spiro atoms. The van der Waals surface area contributed by atoms with E-state index in [0.29, 0.717) is 12.2 Å². The van der Waals surface area contributed by atoms with Gasteiger partial charge in [-0.3, -0.25) is 0 Å². The number of nitrogens with one attached hydrogen (secondary N) is 2. The van der Waals surface area contributed by atoms with E-state index >= 15 is 0 Å². The fourth-order valence-electron chi connectivity index (χ4n) is 1.35. The van der Waals surface area contributed by atoms with Crippen LogP contribution in [-0.4, -0.2) is 38.1 Å². The molecular formula is C12H18FN3O. The fraction of sp³-hybridized carbons (Fsp3) is 0.417. The van der Waals surface area contributed by atoms with Crippen molar-refractivity contribution in [3.05, 3.63) is 30.1 Å². The highest BCUT2D eigenvalue weighted by atomic mass is 19.1. The molecule has 0 aliphatic carbocycles. The van der Waals surface area contributed by atoms with Gasteiger partial charge in [0, 0.05) is 19.3 Å². The quantitative estimate of drug-likeness (QED) is 0.771. The van der Waals surface area contributed by atoms with E-state index in [1.54, 1.807) is 11.9 Å². The van der Waals surface area contributed by atoms with E-state index in [1.807, 2.05) is 7.05 Å². The average Bonchev–Trinajstić information content (AvgIpc) is 2.32. The zero-order valence-corrected chi connectivity index (χ0v) is 10.2. The molecule has 0 radical (unpaired) electrons. The Labute approximate surface area is 101 Å². The summed E-state index contributed by atoms with van der Waals surface area (Å²) in [7, 11) is 3.60. The minimum Gasteiger partial charge on any atom is -0.328 e. The van der Waals surface area contributed by atoms with Crippen molar-refractivity contribution in [2.24, 2.45) is 0 Å². The van der Waals surface area contributed by atoms with E-state index in [4.69, 9.17) is 0 Å². The summed E-state index contributed by atoms with van der Waals surface area (Å²) in [5, 5.41) is 5.71. The molecule has 0 atom stereocenters. The van der Waals surface area contributed by atoms with Crippen LogP contribution >= 0.6 is 0 Å². The van der Waals surface area contributed by atoms with Gasteiger partial charge in [-0.1, -0.05) is 0 Å². The molecule has 0 aliphatic rings. The number of halogens is 1. The van der Waals surface area contributed by atoms with Crippen molar-refractivity contribution in [3.8, 4) is 0 Å². The lowest BCUT2D eigenvalue weighted by Gasteiger charge is -2.17. The number of benzene rings is 1. The molecule has 0 saturated heterocycles. The Morgan fingerprint density at radius 2 is 2.00 bits per heavy atom. The predicted octanol–water partition coefficient (Wildman–Crippen LogP) is 1.90. The molecule has 0 saturated carbocycles. The lowest BCUT2D eigenvalue weighted by Crippen LogP contribution is -2.33. The van der Waals surface area contributed by atoms with Gasteiger partial charge in [-0.25, -0.2) is 9.18 Å². The monoisotopic (exact) mass is 239 g/mol. The van der Waals surface area contributed by atoms with Crippen molar-refractivity contribution in [3.63, 3.8) is 0 Å². The molecule has 0 fully saturated rings. The average molecular weight is 239 g/mol. The summed E-state index contributed by atoms with van der Waals surface area (Å²) in [6.45, 7) is 1.54. The largest absolute Gasteiger partial charge is 0.328 e. The zero-order valence-electron chi connectivity index (χ0n) is 10.2. The van der Waals surface area contributed by atoms with Gasteiger partial charge < -0.3 is 15.5 Å². The molecule has 5 heteroatoms. The molecule has 0 aliphatic heterocycles. The lowest BCUT2D eigenvalue weighted by atomic mass is 10.3. The molecule has 1 aromatic carbocycles. The third-order valence-electron chi connectivity index (χ3n) is 2.36. The number of nitrogens with zero attached hydrogens (tertiary/aromatic N) is 1. The van der Waals surface area contributed by atoms with Crippen LogP contribution < -0.4 is 10.6 Å². The Morgan fingerprint density at radius 3 is 2.59 bits per heavy atom. The first-order valence-electron chi connectivity index (χ1n) is 5.56. The van der Waals surface area contributed by atoms with Crippen molar-refractivity contribution in [2.75, 3.05) is 32.5 Å². The van der Waals surface area contributed by atoms with Crippen LogP contribution in [0.5, 0.6) is 0 Å². The van der Waals surface area contributed by atoms with E-state index in [9.17, 15) is 9.18 Å². The second-order valence-electron chi connectivity index (χ2n) is 3.82. The zero-order chi connectivity index (χ0) is 12.7. The number of hydrogen-bond acceptors (Lipinski definition) is 2. The van der Waals surface area contributed by atoms with Crippen LogP contribution in [-0.2, 0) is 0 Å². The minimum atomic E-state index is -0.314. The van der Waals surface area contributed by atoms with Gasteiger partial charge in [0.25, 0.3) is 0 Å². The minimum absolute atomic E-state index is 0.187. The van der Waals surface area contributed by atoms with E-state index in [0.717, 1.165) is 13.0 Å². The number of urea groups is 1. The normalized spacial score (nSPS) is 10.1. The summed E-state index contributed by atoms with van der Waals surface area (Å²) >= 11 is 0. The topological polar surface area (TPSA) is 44.4 Å². The Balaban J connectivity index is 2.40. The summed E-state index contributed by atoms with van der Waals surface area (Å²) < 4.78 is 12.7.